The lowest BCUT2D eigenvalue weighted by Crippen LogP contribution is -1.67. The minimum Gasteiger partial charge on any atom is -0.0776 e. The van der Waals surface area contributed by atoms with Crippen LogP contribution in [-0.2, 0) is 0 Å². The summed E-state index contributed by atoms with van der Waals surface area (Å²) in [6.07, 6.45) is 0. The molecule has 4 aromatic rings. The van der Waals surface area contributed by atoms with Crippen molar-refractivity contribution in [1.29, 1.82) is 0 Å². The maximum atomic E-state index is 2.12. The maximum Gasteiger partial charge on any atom is -0.0184 e. The highest BCUT2D eigenvalue weighted by Gasteiger charge is 1.86. The Bertz CT molecular complexity index is 613. The first-order valence-corrected chi connectivity index (χ1v) is 6.81. The molecule has 0 saturated heterocycles. The zero-order chi connectivity index (χ0) is 13.6. The van der Waals surface area contributed by atoms with Crippen molar-refractivity contribution in [2.24, 2.45) is 0 Å². The second-order valence-corrected chi connectivity index (χ2v) is 4.69. The second kappa shape index (κ2) is 8.63. The van der Waals surface area contributed by atoms with Gasteiger partial charge in [0.05, 0.1) is 0 Å². The SMILES string of the molecule is C.C.c1ccc2ccccc2c1.c1ccc2ccccc2c1. The fourth-order valence-corrected chi connectivity index (χ4v) is 2.27. The predicted molar refractivity (Wildman–Crippen MR) is 101 cm³/mol. The van der Waals surface area contributed by atoms with Crippen LogP contribution in [0.25, 0.3) is 21.5 Å². The molecule has 4 aromatic carbocycles. The van der Waals surface area contributed by atoms with Gasteiger partial charge in [0.1, 0.15) is 0 Å². The largest absolute Gasteiger partial charge is 0.0776 e. The van der Waals surface area contributed by atoms with Crippen LogP contribution >= 0.6 is 0 Å². The van der Waals surface area contributed by atoms with Crippen molar-refractivity contribution in [2.75, 3.05) is 0 Å². The Morgan fingerprint density at radius 2 is 0.409 bits per heavy atom. The van der Waals surface area contributed by atoms with E-state index in [0.29, 0.717) is 0 Å². The van der Waals surface area contributed by atoms with Gasteiger partial charge in [0, 0.05) is 0 Å². The van der Waals surface area contributed by atoms with Gasteiger partial charge in [-0.25, -0.2) is 0 Å². The van der Waals surface area contributed by atoms with Crippen LogP contribution in [0.3, 0.4) is 0 Å². The summed E-state index contributed by atoms with van der Waals surface area (Å²) in [5.74, 6) is 0. The lowest BCUT2D eigenvalue weighted by Gasteiger charge is -1.92. The van der Waals surface area contributed by atoms with E-state index in [1.165, 1.54) is 21.5 Å². The molecule has 0 spiro atoms. The molecule has 0 heterocycles. The van der Waals surface area contributed by atoms with Gasteiger partial charge in [0.2, 0.25) is 0 Å². The molecule has 4 rings (SSSR count). The van der Waals surface area contributed by atoms with Crippen molar-refractivity contribution in [2.45, 2.75) is 14.9 Å². The number of rotatable bonds is 0. The molecule has 22 heavy (non-hydrogen) atoms. The van der Waals surface area contributed by atoms with E-state index in [4.69, 9.17) is 0 Å². The zero-order valence-corrected chi connectivity index (χ0v) is 11.2. The van der Waals surface area contributed by atoms with Crippen LogP contribution in [-0.4, -0.2) is 0 Å². The number of hydrogen-bond acceptors (Lipinski definition) is 0. The van der Waals surface area contributed by atoms with E-state index in [0.717, 1.165) is 0 Å². The summed E-state index contributed by atoms with van der Waals surface area (Å²) < 4.78 is 0. The highest BCUT2D eigenvalue weighted by Crippen LogP contribution is 2.11. The highest BCUT2D eigenvalue weighted by atomic mass is 13.9. The first-order valence-electron chi connectivity index (χ1n) is 6.81. The molecule has 0 unspecified atom stereocenters. The molecule has 0 aromatic heterocycles. The van der Waals surface area contributed by atoms with E-state index in [-0.39, 0.29) is 14.9 Å². The molecule has 0 amide bonds. The normalized spacial score (nSPS) is 9.09. The molecule has 0 N–H and O–H groups in total. The molecule has 0 heteroatoms. The summed E-state index contributed by atoms with van der Waals surface area (Å²) in [5, 5.41) is 5.24. The Kier molecular flexibility index (Phi) is 6.85. The van der Waals surface area contributed by atoms with Gasteiger partial charge >= 0.3 is 0 Å². The van der Waals surface area contributed by atoms with Gasteiger partial charge in [-0.1, -0.05) is 112 Å². The summed E-state index contributed by atoms with van der Waals surface area (Å²) in [6.45, 7) is 0. The van der Waals surface area contributed by atoms with E-state index >= 15 is 0 Å². The second-order valence-electron chi connectivity index (χ2n) is 4.69. The van der Waals surface area contributed by atoms with Gasteiger partial charge in [-0.3, -0.25) is 0 Å². The van der Waals surface area contributed by atoms with Crippen molar-refractivity contribution in [3.8, 4) is 0 Å². The summed E-state index contributed by atoms with van der Waals surface area (Å²) in [6, 6.07) is 33.4. The van der Waals surface area contributed by atoms with E-state index in [2.05, 4.69) is 97.1 Å². The molecule has 0 aliphatic rings. The number of benzene rings is 4. The third kappa shape index (κ3) is 4.20. The van der Waals surface area contributed by atoms with Gasteiger partial charge in [0.25, 0.3) is 0 Å². The van der Waals surface area contributed by atoms with Crippen molar-refractivity contribution >= 4 is 21.5 Å². The Hall–Kier alpha value is -2.60. The Morgan fingerprint density at radius 1 is 0.273 bits per heavy atom. The van der Waals surface area contributed by atoms with Crippen molar-refractivity contribution in [3.05, 3.63) is 97.1 Å². The summed E-state index contributed by atoms with van der Waals surface area (Å²) in [7, 11) is 0. The molecular weight excluding hydrogens is 264 g/mol. The molecule has 0 aliphatic heterocycles. The van der Waals surface area contributed by atoms with E-state index in [9.17, 15) is 0 Å². The van der Waals surface area contributed by atoms with Crippen LogP contribution in [0.4, 0.5) is 0 Å². The first-order chi connectivity index (χ1) is 9.93. The van der Waals surface area contributed by atoms with Crippen molar-refractivity contribution < 1.29 is 0 Å². The summed E-state index contributed by atoms with van der Waals surface area (Å²) in [5.41, 5.74) is 0. The number of hydrogen-bond donors (Lipinski definition) is 0. The fourth-order valence-electron chi connectivity index (χ4n) is 2.27. The van der Waals surface area contributed by atoms with E-state index in [1.807, 2.05) is 0 Å². The minimum absolute atomic E-state index is 0. The predicted octanol–water partition coefficient (Wildman–Crippen LogP) is 6.95. The molecule has 0 nitrogen and oxygen atoms in total. The van der Waals surface area contributed by atoms with Crippen molar-refractivity contribution in [1.82, 2.24) is 0 Å². The zero-order valence-electron chi connectivity index (χ0n) is 11.2. The third-order valence-electron chi connectivity index (χ3n) is 3.32. The lowest BCUT2D eigenvalue weighted by atomic mass is 10.1. The molecule has 0 fully saturated rings. The van der Waals surface area contributed by atoms with Gasteiger partial charge < -0.3 is 0 Å². The molecule has 0 bridgehead atoms. The average Bonchev–Trinajstić information content (AvgIpc) is 2.56. The fraction of sp³-hybridized carbons (Fsp3) is 0.0909. The van der Waals surface area contributed by atoms with Crippen LogP contribution < -0.4 is 0 Å². The number of fused-ring (bicyclic) bond motifs is 2. The van der Waals surface area contributed by atoms with Crippen LogP contribution in [0.5, 0.6) is 0 Å². The molecular formula is C22H24. The standard InChI is InChI=1S/2C10H8.2CH4/c2*1-2-6-10-8-4-3-7-9(10)5-1;;/h2*1-8H;2*1H4. The quantitative estimate of drug-likeness (QED) is 0.328. The Balaban J connectivity index is 0.000000202. The maximum absolute atomic E-state index is 2.12. The summed E-state index contributed by atoms with van der Waals surface area (Å²) in [4.78, 5) is 0. The monoisotopic (exact) mass is 288 g/mol. The topological polar surface area (TPSA) is 0 Å². The molecule has 0 saturated carbocycles. The highest BCUT2D eigenvalue weighted by molar-refractivity contribution is 5.82. The first kappa shape index (κ1) is 17.5. The molecule has 0 atom stereocenters. The average molecular weight is 288 g/mol. The van der Waals surface area contributed by atoms with E-state index in [1.54, 1.807) is 0 Å². The van der Waals surface area contributed by atoms with E-state index < -0.39 is 0 Å². The lowest BCUT2D eigenvalue weighted by molar-refractivity contribution is 1.75. The van der Waals surface area contributed by atoms with Crippen LogP contribution in [0.15, 0.2) is 97.1 Å². The van der Waals surface area contributed by atoms with Crippen LogP contribution in [0, 0.1) is 0 Å². The smallest absolute Gasteiger partial charge is 0.0184 e. The Labute approximate surface area is 134 Å². The van der Waals surface area contributed by atoms with Crippen LogP contribution in [0.1, 0.15) is 14.9 Å². The van der Waals surface area contributed by atoms with Gasteiger partial charge in [-0.05, 0) is 21.5 Å². The minimum atomic E-state index is 0. The van der Waals surface area contributed by atoms with Gasteiger partial charge in [-0.15, -0.1) is 0 Å². The molecule has 112 valence electrons. The molecule has 0 aliphatic carbocycles. The van der Waals surface area contributed by atoms with Gasteiger partial charge in [-0.2, -0.15) is 0 Å². The summed E-state index contributed by atoms with van der Waals surface area (Å²) >= 11 is 0. The molecule has 0 radical (unpaired) electrons. The Morgan fingerprint density at radius 3 is 0.545 bits per heavy atom. The van der Waals surface area contributed by atoms with Gasteiger partial charge in [0.15, 0.2) is 0 Å². The third-order valence-corrected chi connectivity index (χ3v) is 3.32. The van der Waals surface area contributed by atoms with Crippen LogP contribution in [0.2, 0.25) is 0 Å². The van der Waals surface area contributed by atoms with Crippen molar-refractivity contribution in [3.63, 3.8) is 0 Å².